The Morgan fingerprint density at radius 3 is 2.31 bits per heavy atom. The number of thiazole rings is 1. The number of aromatic nitrogens is 1. The highest BCUT2D eigenvalue weighted by Gasteiger charge is 2.15. The maximum Gasteiger partial charge on any atom is 0.325 e. The molecule has 1 amide bonds. The van der Waals surface area contributed by atoms with Crippen molar-refractivity contribution in [2.45, 2.75) is 18.4 Å². The molecular formula is C21H22N2O7S2. The molecule has 0 bridgehead atoms. The molecule has 2 aromatic carbocycles. The van der Waals surface area contributed by atoms with E-state index in [9.17, 15) is 18.0 Å². The van der Waals surface area contributed by atoms with E-state index >= 15 is 0 Å². The van der Waals surface area contributed by atoms with Crippen LogP contribution >= 0.6 is 11.3 Å². The minimum Gasteiger partial charge on any atom is -0.494 e. The van der Waals surface area contributed by atoms with Crippen LogP contribution in [0.5, 0.6) is 11.5 Å². The van der Waals surface area contributed by atoms with Crippen LogP contribution in [0, 0.1) is 0 Å². The van der Waals surface area contributed by atoms with Crippen molar-refractivity contribution in [3.63, 3.8) is 0 Å². The third kappa shape index (κ3) is 5.74. The molecule has 32 heavy (non-hydrogen) atoms. The van der Waals surface area contributed by atoms with E-state index < -0.39 is 21.7 Å². The first kappa shape index (κ1) is 23.5. The van der Waals surface area contributed by atoms with Gasteiger partial charge in [-0.05, 0) is 49.4 Å². The summed E-state index contributed by atoms with van der Waals surface area (Å²) in [6.07, 6.45) is 1.11. The van der Waals surface area contributed by atoms with Crippen LogP contribution in [0.4, 0.5) is 0 Å². The van der Waals surface area contributed by atoms with Crippen LogP contribution in [0.3, 0.4) is 0 Å². The van der Waals surface area contributed by atoms with Gasteiger partial charge in [0.2, 0.25) is 0 Å². The van der Waals surface area contributed by atoms with Gasteiger partial charge in [-0.3, -0.25) is 9.59 Å². The first-order valence-electron chi connectivity index (χ1n) is 9.54. The summed E-state index contributed by atoms with van der Waals surface area (Å²) in [6.45, 7) is 1.94. The highest BCUT2D eigenvalue weighted by Crippen LogP contribution is 2.22. The number of hydrogen-bond donors (Lipinski definition) is 0. The van der Waals surface area contributed by atoms with Crippen molar-refractivity contribution in [3.8, 4) is 11.5 Å². The molecule has 0 radical (unpaired) electrons. The van der Waals surface area contributed by atoms with Gasteiger partial charge < -0.3 is 18.8 Å². The van der Waals surface area contributed by atoms with Crippen LogP contribution < -0.4 is 14.3 Å². The van der Waals surface area contributed by atoms with Crippen molar-refractivity contribution in [2.75, 3.05) is 26.6 Å². The van der Waals surface area contributed by atoms with Gasteiger partial charge in [0.15, 0.2) is 21.2 Å². The molecule has 170 valence electrons. The molecule has 0 N–H and O–H groups in total. The van der Waals surface area contributed by atoms with Gasteiger partial charge in [-0.1, -0.05) is 11.3 Å². The predicted molar refractivity (Wildman–Crippen MR) is 119 cm³/mol. The zero-order valence-corrected chi connectivity index (χ0v) is 19.4. The van der Waals surface area contributed by atoms with Gasteiger partial charge in [0.25, 0.3) is 5.91 Å². The standard InChI is InChI=1S/C21H22N2O7S2/c1-4-29-14-5-7-15(8-6-14)30-13-19(24)22-21-23(12-20(25)28-2)17-10-9-16(32(3,26)27)11-18(17)31-21/h5-11H,4,12-13H2,1-3H3. The highest BCUT2D eigenvalue weighted by molar-refractivity contribution is 7.90. The normalized spacial score (nSPS) is 12.0. The Labute approximate surface area is 188 Å². The number of benzene rings is 2. The molecule has 3 rings (SSSR count). The minimum absolute atomic E-state index is 0.133. The van der Waals surface area contributed by atoms with Gasteiger partial charge in [-0.25, -0.2) is 8.42 Å². The summed E-state index contributed by atoms with van der Waals surface area (Å²) >= 11 is 1.10. The topological polar surface area (TPSA) is 113 Å². The average molecular weight is 479 g/mol. The number of rotatable bonds is 8. The Balaban J connectivity index is 1.89. The van der Waals surface area contributed by atoms with E-state index in [2.05, 4.69) is 4.99 Å². The Hall–Kier alpha value is -3.18. The Kier molecular flexibility index (Phi) is 7.31. The first-order chi connectivity index (χ1) is 15.2. The number of amides is 1. The second kappa shape index (κ2) is 9.96. The van der Waals surface area contributed by atoms with Crippen LogP contribution in [0.25, 0.3) is 10.2 Å². The van der Waals surface area contributed by atoms with Gasteiger partial charge in [0.1, 0.15) is 18.0 Å². The Morgan fingerprint density at radius 1 is 1.06 bits per heavy atom. The molecule has 0 aliphatic heterocycles. The van der Waals surface area contributed by atoms with E-state index in [4.69, 9.17) is 14.2 Å². The molecule has 0 fully saturated rings. The molecule has 9 nitrogen and oxygen atoms in total. The molecule has 0 aliphatic rings. The summed E-state index contributed by atoms with van der Waals surface area (Å²) in [5.74, 6) is 0.0795. The third-order valence-corrected chi connectivity index (χ3v) is 6.47. The van der Waals surface area contributed by atoms with Crippen molar-refractivity contribution in [1.29, 1.82) is 0 Å². The zero-order chi connectivity index (χ0) is 23.3. The molecule has 0 saturated carbocycles. The van der Waals surface area contributed by atoms with Crippen molar-refractivity contribution < 1.29 is 32.2 Å². The van der Waals surface area contributed by atoms with Gasteiger partial charge >= 0.3 is 5.97 Å². The van der Waals surface area contributed by atoms with Crippen LogP contribution in [0.1, 0.15) is 6.92 Å². The number of sulfone groups is 1. The van der Waals surface area contributed by atoms with Crippen LogP contribution in [0.2, 0.25) is 0 Å². The molecule has 0 saturated heterocycles. The molecule has 3 aromatic rings. The zero-order valence-electron chi connectivity index (χ0n) is 17.7. The van der Waals surface area contributed by atoms with E-state index in [1.807, 2.05) is 6.92 Å². The molecule has 0 unspecified atom stereocenters. The van der Waals surface area contributed by atoms with E-state index in [0.29, 0.717) is 28.3 Å². The molecule has 1 heterocycles. The van der Waals surface area contributed by atoms with Gasteiger partial charge in [0.05, 0.1) is 28.8 Å². The lowest BCUT2D eigenvalue weighted by Gasteiger charge is -2.06. The fourth-order valence-corrected chi connectivity index (χ4v) is 4.61. The second-order valence-electron chi connectivity index (χ2n) is 6.65. The molecule has 0 spiro atoms. The van der Waals surface area contributed by atoms with Gasteiger partial charge in [-0.15, -0.1) is 0 Å². The van der Waals surface area contributed by atoms with Crippen molar-refractivity contribution in [3.05, 3.63) is 47.3 Å². The second-order valence-corrected chi connectivity index (χ2v) is 9.67. The minimum atomic E-state index is -3.42. The lowest BCUT2D eigenvalue weighted by Crippen LogP contribution is -2.23. The number of ether oxygens (including phenoxy) is 3. The summed E-state index contributed by atoms with van der Waals surface area (Å²) < 4.78 is 41.4. The summed E-state index contributed by atoms with van der Waals surface area (Å²) in [6, 6.07) is 11.3. The number of nitrogens with zero attached hydrogens (tertiary/aromatic N) is 2. The van der Waals surface area contributed by atoms with E-state index in [-0.39, 0.29) is 22.8 Å². The number of carbonyl (C=O) groups excluding carboxylic acids is 2. The number of methoxy groups -OCH3 is 1. The van der Waals surface area contributed by atoms with E-state index in [0.717, 1.165) is 17.6 Å². The van der Waals surface area contributed by atoms with E-state index in [1.54, 1.807) is 30.3 Å². The monoisotopic (exact) mass is 478 g/mol. The first-order valence-corrected chi connectivity index (χ1v) is 12.3. The van der Waals surface area contributed by atoms with Crippen LogP contribution in [0.15, 0.2) is 52.4 Å². The summed E-state index contributed by atoms with van der Waals surface area (Å²) in [4.78, 5) is 28.7. The summed E-state index contributed by atoms with van der Waals surface area (Å²) in [7, 11) is -2.16. The fraction of sp³-hybridized carbons (Fsp3) is 0.286. The van der Waals surface area contributed by atoms with Gasteiger partial charge in [-0.2, -0.15) is 4.99 Å². The van der Waals surface area contributed by atoms with Crippen molar-refractivity contribution in [2.24, 2.45) is 4.99 Å². The Bertz CT molecular complexity index is 1310. The van der Waals surface area contributed by atoms with Crippen molar-refractivity contribution in [1.82, 2.24) is 4.57 Å². The van der Waals surface area contributed by atoms with E-state index in [1.165, 1.54) is 23.8 Å². The summed E-state index contributed by atoms with van der Waals surface area (Å²) in [5, 5.41) is 0. The van der Waals surface area contributed by atoms with Crippen LogP contribution in [-0.4, -0.2) is 51.4 Å². The maximum atomic E-state index is 12.4. The predicted octanol–water partition coefficient (Wildman–Crippen LogP) is 2.18. The number of fused-ring (bicyclic) bond motifs is 1. The third-order valence-electron chi connectivity index (χ3n) is 4.31. The molecule has 0 aliphatic carbocycles. The quantitative estimate of drug-likeness (QED) is 0.456. The Morgan fingerprint density at radius 2 is 1.72 bits per heavy atom. The summed E-state index contributed by atoms with van der Waals surface area (Å²) in [5.41, 5.74) is 0.562. The number of carbonyl (C=O) groups is 2. The molecule has 1 aromatic heterocycles. The van der Waals surface area contributed by atoms with Crippen LogP contribution in [-0.2, 0) is 30.7 Å². The number of hydrogen-bond acceptors (Lipinski definition) is 8. The molecule has 0 atom stereocenters. The fourth-order valence-electron chi connectivity index (χ4n) is 2.80. The smallest absolute Gasteiger partial charge is 0.325 e. The molecular weight excluding hydrogens is 456 g/mol. The SMILES string of the molecule is CCOc1ccc(OCC(=O)N=c2sc3cc(S(C)(=O)=O)ccc3n2CC(=O)OC)cc1. The molecule has 11 heteroatoms. The number of esters is 1. The lowest BCUT2D eigenvalue weighted by molar-refractivity contribution is -0.141. The lowest BCUT2D eigenvalue weighted by atomic mass is 10.3. The van der Waals surface area contributed by atoms with Crippen molar-refractivity contribution >= 4 is 43.3 Å². The largest absolute Gasteiger partial charge is 0.494 e. The maximum absolute atomic E-state index is 12.4. The highest BCUT2D eigenvalue weighted by atomic mass is 32.2. The average Bonchev–Trinajstić information content (AvgIpc) is 3.08. The van der Waals surface area contributed by atoms with Gasteiger partial charge in [0, 0.05) is 6.26 Å².